The van der Waals surface area contributed by atoms with E-state index in [1.54, 1.807) is 0 Å². The first-order valence-electron chi connectivity index (χ1n) is 7.64. The summed E-state index contributed by atoms with van der Waals surface area (Å²) in [4.78, 5) is 25.6. The molecular weight excluding hydrogens is 310 g/mol. The maximum Gasteiger partial charge on any atom is 0.326 e. The van der Waals surface area contributed by atoms with Crippen molar-refractivity contribution >= 4 is 28.3 Å². The van der Waals surface area contributed by atoms with Gasteiger partial charge < -0.3 is 14.9 Å². The van der Waals surface area contributed by atoms with Crippen molar-refractivity contribution in [3.63, 3.8) is 0 Å². The minimum Gasteiger partial charge on any atom is -0.480 e. The first-order chi connectivity index (χ1) is 11.5. The van der Waals surface area contributed by atoms with Crippen molar-refractivity contribution in [2.24, 2.45) is 0 Å². The molecule has 6 heteroatoms. The summed E-state index contributed by atoms with van der Waals surface area (Å²) in [6.07, 6.45) is -0.0621. The Labute approximate surface area is 140 Å². The predicted molar refractivity (Wildman–Crippen MR) is 91.2 cm³/mol. The van der Waals surface area contributed by atoms with Crippen LogP contribution in [0.15, 0.2) is 36.4 Å². The van der Waals surface area contributed by atoms with E-state index >= 15 is 0 Å². The monoisotopic (exact) mass is 331 g/mol. The van der Waals surface area contributed by atoms with Crippen LogP contribution in [0.4, 0.5) is 5.69 Å². The van der Waals surface area contributed by atoms with Gasteiger partial charge in [0.05, 0.1) is 5.69 Å². The van der Waals surface area contributed by atoms with Gasteiger partial charge in [-0.25, -0.2) is 4.79 Å². The highest BCUT2D eigenvalue weighted by Gasteiger charge is 2.32. The lowest BCUT2D eigenvalue weighted by Crippen LogP contribution is -2.47. The number of fused-ring (bicyclic) bond motifs is 1. The number of carboxylic acid groups (broad SMARTS) is 1. The van der Waals surface area contributed by atoms with Gasteiger partial charge in [-0.1, -0.05) is 36.4 Å². The van der Waals surface area contributed by atoms with Crippen molar-refractivity contribution < 1.29 is 24.5 Å². The summed E-state index contributed by atoms with van der Waals surface area (Å²) >= 11 is 0. The number of benzene rings is 2. The van der Waals surface area contributed by atoms with Crippen molar-refractivity contribution in [1.29, 1.82) is 0 Å². The molecule has 0 aromatic heterocycles. The summed E-state index contributed by atoms with van der Waals surface area (Å²) in [7, 11) is 1.38. The first-order valence-corrected chi connectivity index (χ1v) is 7.64. The molecule has 0 bridgehead atoms. The molecule has 24 heavy (non-hydrogen) atoms. The van der Waals surface area contributed by atoms with Crippen LogP contribution in [0.2, 0.25) is 0 Å². The van der Waals surface area contributed by atoms with Gasteiger partial charge in [-0.15, -0.1) is 0 Å². The fourth-order valence-electron chi connectivity index (χ4n) is 2.82. The third-order valence-corrected chi connectivity index (χ3v) is 3.88. The molecule has 0 saturated heterocycles. The Kier molecular flexibility index (Phi) is 5.89. The molecule has 0 saturated carbocycles. The molecule has 2 rings (SSSR count). The van der Waals surface area contributed by atoms with E-state index < -0.39 is 17.9 Å². The zero-order chi connectivity index (χ0) is 17.7. The van der Waals surface area contributed by atoms with Crippen molar-refractivity contribution in [3.8, 4) is 0 Å². The SMILES string of the molecule is COCC(=O)N(c1c(C)ccc2ccccc12)C(CCO)C(=O)O. The molecule has 0 aliphatic carbocycles. The third kappa shape index (κ3) is 3.55. The fourth-order valence-corrected chi connectivity index (χ4v) is 2.82. The van der Waals surface area contributed by atoms with Gasteiger partial charge in [0.25, 0.3) is 5.91 Å². The number of nitrogens with zero attached hydrogens (tertiary/aromatic N) is 1. The van der Waals surface area contributed by atoms with E-state index in [2.05, 4.69) is 0 Å². The highest BCUT2D eigenvalue weighted by atomic mass is 16.5. The standard InChI is InChI=1S/C18H21NO5/c1-12-7-8-13-5-3-4-6-14(13)17(12)19(16(21)11-24-2)15(9-10-20)18(22)23/h3-8,15,20H,9-11H2,1-2H3,(H,22,23). The number of aliphatic carboxylic acids is 1. The molecule has 2 N–H and O–H groups in total. The van der Waals surface area contributed by atoms with Gasteiger partial charge in [-0.05, 0) is 17.9 Å². The van der Waals surface area contributed by atoms with Crippen molar-refractivity contribution in [3.05, 3.63) is 42.0 Å². The number of hydrogen-bond donors (Lipinski definition) is 2. The molecule has 0 spiro atoms. The molecule has 2 aromatic carbocycles. The molecular formula is C18H21NO5. The molecule has 0 aliphatic heterocycles. The number of carboxylic acids is 1. The molecule has 1 unspecified atom stereocenters. The summed E-state index contributed by atoms with van der Waals surface area (Å²) < 4.78 is 4.92. The Balaban J connectivity index is 2.69. The van der Waals surface area contributed by atoms with Gasteiger partial charge in [-0.2, -0.15) is 0 Å². The second kappa shape index (κ2) is 7.90. The van der Waals surface area contributed by atoms with Crippen molar-refractivity contribution in [2.45, 2.75) is 19.4 Å². The van der Waals surface area contributed by atoms with Gasteiger partial charge in [0.2, 0.25) is 0 Å². The molecule has 1 atom stereocenters. The maximum atomic E-state index is 12.6. The van der Waals surface area contributed by atoms with Gasteiger partial charge in [0.15, 0.2) is 0 Å². The number of ether oxygens (including phenoxy) is 1. The number of amides is 1. The van der Waals surface area contributed by atoms with Crippen LogP contribution in [0.3, 0.4) is 0 Å². The molecule has 0 radical (unpaired) electrons. The Morgan fingerprint density at radius 3 is 2.54 bits per heavy atom. The van der Waals surface area contributed by atoms with Crippen molar-refractivity contribution in [1.82, 2.24) is 0 Å². The minimum absolute atomic E-state index is 0.0621. The highest BCUT2D eigenvalue weighted by Crippen LogP contribution is 2.32. The van der Waals surface area contributed by atoms with Crippen LogP contribution in [0.5, 0.6) is 0 Å². The van der Waals surface area contributed by atoms with E-state index in [4.69, 9.17) is 4.74 Å². The summed E-state index contributed by atoms with van der Waals surface area (Å²) in [6, 6.07) is 10.1. The summed E-state index contributed by atoms with van der Waals surface area (Å²) in [5.74, 6) is -1.63. The average molecular weight is 331 g/mol. The van der Waals surface area contributed by atoms with Crippen LogP contribution in [0.1, 0.15) is 12.0 Å². The van der Waals surface area contributed by atoms with Crippen LogP contribution in [0, 0.1) is 6.92 Å². The highest BCUT2D eigenvalue weighted by molar-refractivity contribution is 6.08. The summed E-state index contributed by atoms with van der Waals surface area (Å²) in [5, 5.41) is 20.5. The lowest BCUT2D eigenvalue weighted by molar-refractivity contribution is -0.141. The third-order valence-electron chi connectivity index (χ3n) is 3.88. The molecule has 6 nitrogen and oxygen atoms in total. The largest absolute Gasteiger partial charge is 0.480 e. The number of anilines is 1. The Morgan fingerprint density at radius 2 is 1.92 bits per heavy atom. The van der Waals surface area contributed by atoms with E-state index in [1.165, 1.54) is 12.0 Å². The number of aliphatic hydroxyl groups excluding tert-OH is 1. The molecule has 1 amide bonds. The van der Waals surface area contributed by atoms with Crippen LogP contribution in [-0.4, -0.2) is 48.5 Å². The van der Waals surface area contributed by atoms with Crippen LogP contribution >= 0.6 is 0 Å². The predicted octanol–water partition coefficient (Wildman–Crippen LogP) is 1.96. The second-order valence-electron chi connectivity index (χ2n) is 5.52. The molecule has 128 valence electrons. The van der Waals surface area contributed by atoms with E-state index in [9.17, 15) is 19.8 Å². The fraction of sp³-hybridized carbons (Fsp3) is 0.333. The lowest BCUT2D eigenvalue weighted by Gasteiger charge is -2.31. The second-order valence-corrected chi connectivity index (χ2v) is 5.52. The Bertz CT molecular complexity index is 743. The Hall–Kier alpha value is -2.44. The lowest BCUT2D eigenvalue weighted by atomic mass is 10.0. The maximum absolute atomic E-state index is 12.6. The molecule has 0 fully saturated rings. The van der Waals surface area contributed by atoms with E-state index in [0.29, 0.717) is 5.69 Å². The Morgan fingerprint density at radius 1 is 1.21 bits per heavy atom. The number of hydrogen-bond acceptors (Lipinski definition) is 4. The zero-order valence-corrected chi connectivity index (χ0v) is 13.7. The number of carbonyl (C=O) groups is 2. The number of rotatable bonds is 7. The number of aryl methyl sites for hydroxylation is 1. The number of methoxy groups -OCH3 is 1. The first kappa shape index (κ1) is 17.9. The number of aliphatic hydroxyl groups is 1. The topological polar surface area (TPSA) is 87.1 Å². The van der Waals surface area contributed by atoms with Crippen molar-refractivity contribution in [2.75, 3.05) is 25.2 Å². The van der Waals surface area contributed by atoms with Crippen LogP contribution in [-0.2, 0) is 14.3 Å². The van der Waals surface area contributed by atoms with E-state index in [-0.39, 0.29) is 19.6 Å². The molecule has 0 aliphatic rings. The minimum atomic E-state index is -1.17. The molecule has 2 aromatic rings. The quantitative estimate of drug-likeness (QED) is 0.810. The average Bonchev–Trinajstić information content (AvgIpc) is 2.56. The van der Waals surface area contributed by atoms with E-state index in [1.807, 2.05) is 43.3 Å². The van der Waals surface area contributed by atoms with E-state index in [0.717, 1.165) is 16.3 Å². The summed E-state index contributed by atoms with van der Waals surface area (Å²) in [5.41, 5.74) is 1.32. The van der Waals surface area contributed by atoms with Crippen LogP contribution < -0.4 is 4.90 Å². The zero-order valence-electron chi connectivity index (χ0n) is 13.7. The van der Waals surface area contributed by atoms with Gasteiger partial charge >= 0.3 is 5.97 Å². The normalized spacial score (nSPS) is 12.1. The summed E-state index contributed by atoms with van der Waals surface area (Å²) in [6.45, 7) is 1.25. The van der Waals surface area contributed by atoms with Crippen LogP contribution in [0.25, 0.3) is 10.8 Å². The van der Waals surface area contributed by atoms with Gasteiger partial charge in [0.1, 0.15) is 12.6 Å². The van der Waals surface area contributed by atoms with Gasteiger partial charge in [0, 0.05) is 25.5 Å². The molecule has 0 heterocycles. The van der Waals surface area contributed by atoms with Gasteiger partial charge in [-0.3, -0.25) is 9.69 Å². The number of carbonyl (C=O) groups excluding carboxylic acids is 1. The smallest absolute Gasteiger partial charge is 0.326 e.